The number of nitrogens with one attached hydrogen (secondary N) is 1. The number of sulfonamides is 1. The molecule has 0 aromatic heterocycles. The van der Waals surface area contributed by atoms with Gasteiger partial charge in [-0.1, -0.05) is 25.1 Å². The van der Waals surface area contributed by atoms with E-state index >= 15 is 0 Å². The van der Waals surface area contributed by atoms with E-state index in [4.69, 9.17) is 0 Å². The molecule has 0 aliphatic carbocycles. The summed E-state index contributed by atoms with van der Waals surface area (Å²) in [4.78, 5) is 13.6. The zero-order chi connectivity index (χ0) is 18.0. The number of anilines is 1. The molecule has 6 heteroatoms. The highest BCUT2D eigenvalue weighted by Crippen LogP contribution is 2.24. The first-order valence-electron chi connectivity index (χ1n) is 8.38. The highest BCUT2D eigenvalue weighted by atomic mass is 32.2. The first-order valence-corrected chi connectivity index (χ1v) is 9.86. The summed E-state index contributed by atoms with van der Waals surface area (Å²) >= 11 is 0. The molecule has 0 saturated heterocycles. The average Bonchev–Trinajstić information content (AvgIpc) is 2.60. The zero-order valence-corrected chi connectivity index (χ0v) is 15.3. The Hall–Kier alpha value is -2.34. The topological polar surface area (TPSA) is 66.5 Å². The lowest BCUT2D eigenvalue weighted by atomic mass is 9.99. The van der Waals surface area contributed by atoms with E-state index in [2.05, 4.69) is 4.72 Å². The quantitative estimate of drug-likeness (QED) is 0.914. The van der Waals surface area contributed by atoms with Crippen molar-refractivity contribution in [2.45, 2.75) is 38.1 Å². The number of hydrogen-bond acceptors (Lipinski definition) is 3. The van der Waals surface area contributed by atoms with Crippen LogP contribution in [0.5, 0.6) is 0 Å². The third kappa shape index (κ3) is 3.85. The van der Waals surface area contributed by atoms with Crippen LogP contribution in [0.15, 0.2) is 47.4 Å². The summed E-state index contributed by atoms with van der Waals surface area (Å²) in [5.74, 6) is 0.0349. The van der Waals surface area contributed by atoms with Crippen molar-refractivity contribution in [2.24, 2.45) is 0 Å². The van der Waals surface area contributed by atoms with Crippen LogP contribution in [0.2, 0.25) is 0 Å². The summed E-state index contributed by atoms with van der Waals surface area (Å²) in [6.45, 7) is 4.80. The lowest BCUT2D eigenvalue weighted by Crippen LogP contribution is -2.34. The molecular formula is C19H22N2O3S. The first kappa shape index (κ1) is 17.5. The molecule has 0 fully saturated rings. The van der Waals surface area contributed by atoms with Gasteiger partial charge in [-0.2, -0.15) is 0 Å². The van der Waals surface area contributed by atoms with Crippen LogP contribution in [0.1, 0.15) is 30.5 Å². The average molecular weight is 358 g/mol. The molecule has 25 heavy (non-hydrogen) atoms. The van der Waals surface area contributed by atoms with E-state index in [0.717, 1.165) is 29.5 Å². The Kier molecular flexibility index (Phi) is 4.81. The molecule has 0 radical (unpaired) electrons. The molecular weight excluding hydrogens is 336 g/mol. The summed E-state index contributed by atoms with van der Waals surface area (Å²) in [5.41, 5.74) is 3.76. The van der Waals surface area contributed by atoms with Crippen molar-refractivity contribution in [3.63, 3.8) is 0 Å². The molecule has 2 aromatic carbocycles. The Labute approximate surface area is 148 Å². The minimum Gasteiger partial charge on any atom is -0.338 e. The Balaban J connectivity index is 1.83. The zero-order valence-electron chi connectivity index (χ0n) is 14.5. The molecule has 0 bridgehead atoms. The van der Waals surface area contributed by atoms with Gasteiger partial charge in [0.2, 0.25) is 5.91 Å². The highest BCUT2D eigenvalue weighted by Gasteiger charge is 2.20. The van der Waals surface area contributed by atoms with Crippen molar-refractivity contribution in [1.29, 1.82) is 0 Å². The molecule has 3 rings (SSSR count). The summed E-state index contributed by atoms with van der Waals surface area (Å²) in [5, 5.41) is 0. The van der Waals surface area contributed by atoms with Gasteiger partial charge in [0.05, 0.1) is 4.90 Å². The lowest BCUT2D eigenvalue weighted by molar-refractivity contribution is -0.129. The highest BCUT2D eigenvalue weighted by molar-refractivity contribution is 7.92. The monoisotopic (exact) mass is 358 g/mol. The second-order valence-electron chi connectivity index (χ2n) is 6.28. The van der Waals surface area contributed by atoms with Gasteiger partial charge in [0.1, 0.15) is 0 Å². The SMILES string of the molecule is CCc1ccc(S(=O)(=O)Nc2ccc3c(c2)CN(C(C)=O)CC3)cc1. The summed E-state index contributed by atoms with van der Waals surface area (Å²) < 4.78 is 27.8. The predicted molar refractivity (Wildman–Crippen MR) is 97.9 cm³/mol. The number of benzene rings is 2. The van der Waals surface area contributed by atoms with E-state index in [1.165, 1.54) is 0 Å². The molecule has 132 valence electrons. The van der Waals surface area contributed by atoms with Gasteiger partial charge in [-0.15, -0.1) is 0 Å². The van der Waals surface area contributed by atoms with Crippen LogP contribution in [-0.4, -0.2) is 25.8 Å². The van der Waals surface area contributed by atoms with Crippen LogP contribution >= 0.6 is 0 Å². The maximum atomic E-state index is 12.6. The van der Waals surface area contributed by atoms with Crippen molar-refractivity contribution in [3.05, 3.63) is 59.2 Å². The lowest BCUT2D eigenvalue weighted by Gasteiger charge is -2.28. The van der Waals surface area contributed by atoms with E-state index in [0.29, 0.717) is 18.8 Å². The third-order valence-electron chi connectivity index (χ3n) is 4.56. The molecule has 1 heterocycles. The van der Waals surface area contributed by atoms with Crippen LogP contribution < -0.4 is 4.72 Å². The van der Waals surface area contributed by atoms with Crippen LogP contribution in [0.25, 0.3) is 0 Å². The van der Waals surface area contributed by atoms with E-state index in [1.54, 1.807) is 30.0 Å². The number of fused-ring (bicyclic) bond motifs is 1. The number of carbonyl (C=O) groups excluding carboxylic acids is 1. The first-order chi connectivity index (χ1) is 11.9. The predicted octanol–water partition coefficient (Wildman–Crippen LogP) is 2.95. The van der Waals surface area contributed by atoms with Crippen LogP contribution in [0, 0.1) is 0 Å². The van der Waals surface area contributed by atoms with Crippen LogP contribution in [0.4, 0.5) is 5.69 Å². The molecule has 5 nitrogen and oxygen atoms in total. The maximum Gasteiger partial charge on any atom is 0.261 e. The fourth-order valence-corrected chi connectivity index (χ4v) is 4.06. The maximum absolute atomic E-state index is 12.6. The van der Waals surface area contributed by atoms with E-state index in [-0.39, 0.29) is 10.8 Å². The van der Waals surface area contributed by atoms with Gasteiger partial charge in [-0.05, 0) is 53.8 Å². The van der Waals surface area contributed by atoms with Crippen molar-refractivity contribution < 1.29 is 13.2 Å². The van der Waals surface area contributed by atoms with Crippen molar-refractivity contribution in [2.75, 3.05) is 11.3 Å². The number of aryl methyl sites for hydroxylation is 1. The molecule has 0 spiro atoms. The Morgan fingerprint density at radius 1 is 1.12 bits per heavy atom. The fraction of sp³-hybridized carbons (Fsp3) is 0.316. The molecule has 1 N–H and O–H groups in total. The standard InChI is InChI=1S/C19H22N2O3S/c1-3-15-4-8-19(9-5-15)25(23,24)20-18-7-6-16-10-11-21(14(2)22)13-17(16)12-18/h4-9,12,20H,3,10-11,13H2,1-2H3. The van der Waals surface area contributed by atoms with Crippen molar-refractivity contribution in [1.82, 2.24) is 4.90 Å². The van der Waals surface area contributed by atoms with Crippen LogP contribution in [0.3, 0.4) is 0 Å². The van der Waals surface area contributed by atoms with Crippen molar-refractivity contribution in [3.8, 4) is 0 Å². The molecule has 1 aliphatic heterocycles. The number of carbonyl (C=O) groups is 1. The van der Waals surface area contributed by atoms with E-state index in [9.17, 15) is 13.2 Å². The van der Waals surface area contributed by atoms with E-state index in [1.807, 2.05) is 31.2 Å². The Morgan fingerprint density at radius 2 is 1.84 bits per heavy atom. The second kappa shape index (κ2) is 6.88. The molecule has 2 aromatic rings. The van der Waals surface area contributed by atoms with Gasteiger partial charge in [-0.3, -0.25) is 9.52 Å². The van der Waals surface area contributed by atoms with E-state index < -0.39 is 10.0 Å². The minimum absolute atomic E-state index is 0.0349. The van der Waals surface area contributed by atoms with Crippen LogP contribution in [-0.2, 0) is 34.2 Å². The number of hydrogen-bond donors (Lipinski definition) is 1. The number of nitrogens with zero attached hydrogens (tertiary/aromatic N) is 1. The molecule has 1 amide bonds. The van der Waals surface area contributed by atoms with Gasteiger partial charge in [-0.25, -0.2) is 8.42 Å². The van der Waals surface area contributed by atoms with Gasteiger partial charge in [0.15, 0.2) is 0 Å². The molecule has 1 aliphatic rings. The molecule has 0 unspecified atom stereocenters. The Morgan fingerprint density at radius 3 is 2.48 bits per heavy atom. The number of rotatable bonds is 4. The summed E-state index contributed by atoms with van der Waals surface area (Å²) in [7, 11) is -3.63. The van der Waals surface area contributed by atoms with Gasteiger partial charge in [0, 0.05) is 25.7 Å². The summed E-state index contributed by atoms with van der Waals surface area (Å²) in [6.07, 6.45) is 1.66. The van der Waals surface area contributed by atoms with Gasteiger partial charge < -0.3 is 4.90 Å². The third-order valence-corrected chi connectivity index (χ3v) is 5.96. The molecule has 0 atom stereocenters. The van der Waals surface area contributed by atoms with Crippen molar-refractivity contribution >= 4 is 21.6 Å². The largest absolute Gasteiger partial charge is 0.338 e. The van der Waals surface area contributed by atoms with Gasteiger partial charge >= 0.3 is 0 Å². The fourth-order valence-electron chi connectivity index (χ4n) is 3.01. The molecule has 0 saturated carbocycles. The second-order valence-corrected chi connectivity index (χ2v) is 7.96. The van der Waals surface area contributed by atoms with Gasteiger partial charge in [0.25, 0.3) is 10.0 Å². The number of amides is 1. The Bertz CT molecular complexity index is 889. The normalized spacial score (nSPS) is 14.1. The summed E-state index contributed by atoms with van der Waals surface area (Å²) in [6, 6.07) is 12.4. The smallest absolute Gasteiger partial charge is 0.261 e. The minimum atomic E-state index is -3.63.